The van der Waals surface area contributed by atoms with Gasteiger partial charge in [0.1, 0.15) is 0 Å². The molecule has 0 unspecified atom stereocenters. The quantitative estimate of drug-likeness (QED) is 0.584. The number of hydrogen-bond donors (Lipinski definition) is 1. The van der Waals surface area contributed by atoms with E-state index in [1.165, 1.54) is 6.42 Å². The van der Waals surface area contributed by atoms with Crippen LogP contribution in [-0.2, 0) is 0 Å². The molecule has 0 amide bonds. The maximum atomic E-state index is 4.22. The van der Waals surface area contributed by atoms with Gasteiger partial charge in [-0.15, -0.1) is 12.4 Å². The number of aliphatic imine (C=N–C) groups is 1. The number of hydrogen-bond acceptors (Lipinski definition) is 3. The van der Waals surface area contributed by atoms with Gasteiger partial charge in [-0.05, 0) is 12.7 Å². The van der Waals surface area contributed by atoms with Crippen LogP contribution in [0.4, 0.5) is 0 Å². The average molecular weight is 167 g/mol. The first kappa shape index (κ1) is 9.11. The zero-order chi connectivity index (χ0) is 5.82. The molecular formula is C5H11ClN2S. The number of halogens is 1. The Kier molecular flexibility index (Phi) is 5.00. The summed E-state index contributed by atoms with van der Waals surface area (Å²) in [7, 11) is 0. The summed E-state index contributed by atoms with van der Waals surface area (Å²) in [6, 6.07) is 0. The van der Waals surface area contributed by atoms with Crippen molar-refractivity contribution in [3.8, 4) is 0 Å². The molecule has 54 valence electrons. The van der Waals surface area contributed by atoms with Gasteiger partial charge in [0.05, 0.1) is 0 Å². The van der Waals surface area contributed by atoms with E-state index < -0.39 is 0 Å². The molecule has 2 nitrogen and oxygen atoms in total. The molecule has 1 aliphatic rings. The van der Waals surface area contributed by atoms with Crippen molar-refractivity contribution in [1.29, 1.82) is 0 Å². The number of nitrogens with one attached hydrogen (secondary N) is 1. The first-order chi connectivity index (χ1) is 3.93. The van der Waals surface area contributed by atoms with Gasteiger partial charge in [-0.1, -0.05) is 11.8 Å². The fourth-order valence-electron chi connectivity index (χ4n) is 0.648. The Morgan fingerprint density at radius 3 is 2.78 bits per heavy atom. The minimum atomic E-state index is 0. The van der Waals surface area contributed by atoms with Crippen molar-refractivity contribution in [3.63, 3.8) is 0 Å². The Hall–Kier alpha value is 0.110. The van der Waals surface area contributed by atoms with Crippen molar-refractivity contribution in [2.24, 2.45) is 4.99 Å². The van der Waals surface area contributed by atoms with Gasteiger partial charge < -0.3 is 5.32 Å². The van der Waals surface area contributed by atoms with E-state index >= 15 is 0 Å². The van der Waals surface area contributed by atoms with Crippen LogP contribution in [0.3, 0.4) is 0 Å². The molecule has 4 heteroatoms. The molecule has 0 aromatic heterocycles. The lowest BCUT2D eigenvalue weighted by Crippen LogP contribution is -2.26. The summed E-state index contributed by atoms with van der Waals surface area (Å²) in [6.45, 7) is 2.10. The van der Waals surface area contributed by atoms with Crippen molar-refractivity contribution >= 4 is 29.3 Å². The zero-order valence-corrected chi connectivity index (χ0v) is 7.02. The van der Waals surface area contributed by atoms with Crippen LogP contribution in [0.25, 0.3) is 0 Å². The highest BCUT2D eigenvalue weighted by Crippen LogP contribution is 1.99. The highest BCUT2D eigenvalue weighted by molar-refractivity contribution is 8.13. The molecule has 0 saturated carbocycles. The van der Waals surface area contributed by atoms with Gasteiger partial charge >= 0.3 is 0 Å². The second-order valence-corrected chi connectivity index (χ2v) is 2.47. The van der Waals surface area contributed by atoms with Gasteiger partial charge in [-0.25, -0.2) is 0 Å². The molecular weight excluding hydrogens is 156 g/mol. The Balaban J connectivity index is 0.000000640. The van der Waals surface area contributed by atoms with Gasteiger partial charge in [0.2, 0.25) is 0 Å². The third-order valence-corrected chi connectivity index (χ3v) is 1.72. The summed E-state index contributed by atoms with van der Waals surface area (Å²) in [5.74, 6) is 0. The van der Waals surface area contributed by atoms with Gasteiger partial charge in [0, 0.05) is 13.1 Å². The molecule has 0 fully saturated rings. The number of amidine groups is 1. The molecule has 1 heterocycles. The monoisotopic (exact) mass is 166 g/mol. The van der Waals surface area contributed by atoms with Crippen molar-refractivity contribution in [2.45, 2.75) is 6.42 Å². The summed E-state index contributed by atoms with van der Waals surface area (Å²) >= 11 is 1.68. The predicted molar refractivity (Wildman–Crippen MR) is 45.7 cm³/mol. The summed E-state index contributed by atoms with van der Waals surface area (Å²) in [6.07, 6.45) is 3.22. The normalized spacial score (nSPS) is 17.2. The Morgan fingerprint density at radius 1 is 1.67 bits per heavy atom. The molecule has 0 atom stereocenters. The van der Waals surface area contributed by atoms with Crippen LogP contribution in [0.2, 0.25) is 0 Å². The van der Waals surface area contributed by atoms with Crippen LogP contribution >= 0.6 is 24.2 Å². The third-order valence-electron chi connectivity index (χ3n) is 1.06. The van der Waals surface area contributed by atoms with E-state index in [2.05, 4.69) is 10.3 Å². The molecule has 0 saturated heterocycles. The molecule has 9 heavy (non-hydrogen) atoms. The Morgan fingerprint density at radius 2 is 2.44 bits per heavy atom. The van der Waals surface area contributed by atoms with E-state index in [4.69, 9.17) is 0 Å². The van der Waals surface area contributed by atoms with E-state index in [0.717, 1.165) is 18.3 Å². The zero-order valence-electron chi connectivity index (χ0n) is 5.39. The minimum Gasteiger partial charge on any atom is -0.365 e. The van der Waals surface area contributed by atoms with Gasteiger partial charge in [-0.3, -0.25) is 4.99 Å². The Bertz CT molecular complexity index is 105. The fraction of sp³-hybridized carbons (Fsp3) is 0.800. The molecule has 1 N–H and O–H groups in total. The predicted octanol–water partition coefficient (Wildman–Crippen LogP) is 1.12. The van der Waals surface area contributed by atoms with Crippen LogP contribution in [0.15, 0.2) is 4.99 Å². The maximum absolute atomic E-state index is 4.22. The lowest BCUT2D eigenvalue weighted by Gasteiger charge is -2.10. The van der Waals surface area contributed by atoms with Crippen molar-refractivity contribution in [2.75, 3.05) is 19.3 Å². The molecule has 1 aliphatic heterocycles. The summed E-state index contributed by atoms with van der Waals surface area (Å²) in [4.78, 5) is 4.22. The van der Waals surface area contributed by atoms with Gasteiger partial charge in [0.15, 0.2) is 5.17 Å². The summed E-state index contributed by atoms with van der Waals surface area (Å²) in [5.41, 5.74) is 0. The van der Waals surface area contributed by atoms with Crippen LogP contribution in [0.5, 0.6) is 0 Å². The van der Waals surface area contributed by atoms with E-state index in [1.54, 1.807) is 11.8 Å². The topological polar surface area (TPSA) is 24.4 Å². The van der Waals surface area contributed by atoms with E-state index in [9.17, 15) is 0 Å². The Labute approximate surface area is 65.9 Å². The van der Waals surface area contributed by atoms with Crippen LogP contribution < -0.4 is 5.32 Å². The molecule has 1 rings (SSSR count). The van der Waals surface area contributed by atoms with Crippen molar-refractivity contribution in [1.82, 2.24) is 5.32 Å². The standard InChI is InChI=1S/C5H10N2S.ClH/c1-8-5-6-3-2-4-7-5;/h2-4H2,1H3,(H,6,7);1H. The van der Waals surface area contributed by atoms with E-state index in [-0.39, 0.29) is 12.4 Å². The molecule has 0 radical (unpaired) electrons. The third kappa shape index (κ3) is 2.96. The summed E-state index contributed by atoms with van der Waals surface area (Å²) < 4.78 is 0. The SMILES string of the molecule is CSC1=NCCCN1.Cl. The highest BCUT2D eigenvalue weighted by atomic mass is 35.5. The lowest BCUT2D eigenvalue weighted by atomic mass is 10.4. The number of nitrogens with zero attached hydrogens (tertiary/aromatic N) is 1. The molecule has 0 spiro atoms. The van der Waals surface area contributed by atoms with Crippen molar-refractivity contribution in [3.05, 3.63) is 0 Å². The first-order valence-electron chi connectivity index (χ1n) is 2.76. The van der Waals surface area contributed by atoms with Crippen LogP contribution in [-0.4, -0.2) is 24.5 Å². The minimum absolute atomic E-state index is 0. The largest absolute Gasteiger partial charge is 0.365 e. The first-order valence-corrected chi connectivity index (χ1v) is 3.98. The lowest BCUT2D eigenvalue weighted by molar-refractivity contribution is 0.751. The van der Waals surface area contributed by atoms with Gasteiger partial charge in [-0.2, -0.15) is 0 Å². The number of rotatable bonds is 0. The number of thioether (sulfide) groups is 1. The highest BCUT2D eigenvalue weighted by Gasteiger charge is 1.99. The maximum Gasteiger partial charge on any atom is 0.156 e. The van der Waals surface area contributed by atoms with Crippen molar-refractivity contribution < 1.29 is 0 Å². The fourth-order valence-corrected chi connectivity index (χ4v) is 1.11. The van der Waals surface area contributed by atoms with Crippen LogP contribution in [0.1, 0.15) is 6.42 Å². The summed E-state index contributed by atoms with van der Waals surface area (Å²) in [5, 5.41) is 4.28. The van der Waals surface area contributed by atoms with E-state index in [0.29, 0.717) is 0 Å². The van der Waals surface area contributed by atoms with Crippen LogP contribution in [0, 0.1) is 0 Å². The molecule has 0 aromatic carbocycles. The average Bonchev–Trinajstić information content (AvgIpc) is 1.90. The second-order valence-electron chi connectivity index (χ2n) is 1.67. The van der Waals surface area contributed by atoms with Gasteiger partial charge in [0.25, 0.3) is 0 Å². The molecule has 0 aromatic rings. The van der Waals surface area contributed by atoms with E-state index in [1.807, 2.05) is 6.26 Å². The second kappa shape index (κ2) is 4.94. The molecule has 0 bridgehead atoms. The molecule has 0 aliphatic carbocycles. The smallest absolute Gasteiger partial charge is 0.156 e.